The number of fused-ring (bicyclic) bond motifs is 1. The van der Waals surface area contributed by atoms with Gasteiger partial charge in [-0.3, -0.25) is 9.69 Å². The molecular formula is C43H51N7O4. The van der Waals surface area contributed by atoms with E-state index in [0.717, 1.165) is 81.7 Å². The van der Waals surface area contributed by atoms with Crippen molar-refractivity contribution in [2.45, 2.75) is 84.0 Å². The summed E-state index contributed by atoms with van der Waals surface area (Å²) in [6, 6.07) is 20.8. The lowest BCUT2D eigenvalue weighted by molar-refractivity contribution is -0.135. The van der Waals surface area contributed by atoms with Gasteiger partial charge in [0.2, 0.25) is 5.91 Å². The number of imidazole rings is 2. The number of nitrogens with zero attached hydrogens (tertiary/aromatic N) is 4. The fourth-order valence-electron chi connectivity index (χ4n) is 7.57. The monoisotopic (exact) mass is 729 g/mol. The molecule has 5 aromatic rings. The van der Waals surface area contributed by atoms with Crippen LogP contribution >= 0.6 is 0 Å². The molecule has 2 aromatic heterocycles. The maximum absolute atomic E-state index is 13.7. The van der Waals surface area contributed by atoms with Gasteiger partial charge in [0, 0.05) is 18.7 Å². The van der Waals surface area contributed by atoms with Crippen LogP contribution in [0, 0.1) is 5.92 Å². The van der Waals surface area contributed by atoms with E-state index in [2.05, 4.69) is 87.5 Å². The molecule has 2 saturated heterocycles. The molecule has 0 bridgehead atoms. The Hall–Kier alpha value is -5.58. The van der Waals surface area contributed by atoms with E-state index in [1.807, 2.05) is 51.9 Å². The van der Waals surface area contributed by atoms with E-state index in [1.54, 1.807) is 12.0 Å². The molecule has 4 heterocycles. The molecule has 3 aromatic carbocycles. The van der Waals surface area contributed by atoms with Gasteiger partial charge in [-0.2, -0.15) is 0 Å². The summed E-state index contributed by atoms with van der Waals surface area (Å²) in [4.78, 5) is 46.6. The number of rotatable bonds is 10. The van der Waals surface area contributed by atoms with Crippen molar-refractivity contribution in [3.05, 3.63) is 97.2 Å². The molecule has 54 heavy (non-hydrogen) atoms. The number of likely N-dealkylation sites (tertiary alicyclic amines) is 2. The van der Waals surface area contributed by atoms with Crippen molar-refractivity contribution in [3.8, 4) is 33.6 Å². The van der Waals surface area contributed by atoms with Crippen LogP contribution in [0.5, 0.6) is 0 Å². The quantitative estimate of drug-likeness (QED) is 0.123. The predicted octanol–water partition coefficient (Wildman–Crippen LogP) is 8.75. The van der Waals surface area contributed by atoms with Gasteiger partial charge in [0.25, 0.3) is 0 Å². The molecule has 282 valence electrons. The zero-order valence-corrected chi connectivity index (χ0v) is 32.1. The fourth-order valence-corrected chi connectivity index (χ4v) is 7.57. The summed E-state index contributed by atoms with van der Waals surface area (Å²) in [5, 5.41) is 5.42. The zero-order chi connectivity index (χ0) is 38.1. The Kier molecular flexibility index (Phi) is 10.2. The fraction of sp³-hybridized carbons (Fsp3) is 0.395. The molecular weight excluding hydrogens is 679 g/mol. The lowest BCUT2D eigenvalue weighted by Crippen LogP contribution is -2.48. The SMILES string of the molecule is C=C(N[C@H](C(=O)N1CCC[C@H]1c1ncc(-c2ccc3cc(-c4ccc(-c5cnc([C@@H]6CCCN6C(=O)OC(C)(C)C)[nH]5)cc4)ccc3c2)[nH]1)C(C)C)OC. The number of aromatic amines is 2. The van der Waals surface area contributed by atoms with Crippen LogP contribution in [0.1, 0.15) is 84.0 Å². The number of amides is 2. The lowest BCUT2D eigenvalue weighted by atomic mass is 9.98. The van der Waals surface area contributed by atoms with Gasteiger partial charge in [-0.25, -0.2) is 14.8 Å². The van der Waals surface area contributed by atoms with Gasteiger partial charge in [-0.05, 0) is 98.5 Å². The largest absolute Gasteiger partial charge is 0.483 e. The van der Waals surface area contributed by atoms with E-state index in [9.17, 15) is 9.59 Å². The molecule has 3 N–H and O–H groups in total. The summed E-state index contributed by atoms with van der Waals surface area (Å²) in [5.41, 5.74) is 5.61. The van der Waals surface area contributed by atoms with E-state index < -0.39 is 11.6 Å². The standard InChI is InChI=1S/C43H51N7O4/c1-26(2)38(46-27(3)53-7)41(51)49-20-8-10-36(49)39-45-25-35(48-39)33-19-18-31-22-30(16-17-32(31)23-33)28-12-14-29(15-13-28)34-24-44-40(47-34)37-11-9-21-50(37)42(52)54-43(4,5)6/h12-19,22-26,36-38,46H,3,8-11,20-21H2,1-2,4-7H3,(H,44,47)(H,45,48)/t36-,37-,38-/m0/s1. The predicted molar refractivity (Wildman–Crippen MR) is 211 cm³/mol. The first-order chi connectivity index (χ1) is 25.9. The number of ether oxygens (including phenoxy) is 2. The second-order valence-electron chi connectivity index (χ2n) is 15.7. The van der Waals surface area contributed by atoms with E-state index in [4.69, 9.17) is 14.5 Å². The molecule has 3 atom stereocenters. The molecule has 11 nitrogen and oxygen atoms in total. The van der Waals surface area contributed by atoms with Crippen LogP contribution in [0.3, 0.4) is 0 Å². The summed E-state index contributed by atoms with van der Waals surface area (Å²) < 4.78 is 10.9. The molecule has 7 rings (SSSR count). The Morgan fingerprint density at radius 1 is 0.796 bits per heavy atom. The Labute approximate surface area is 317 Å². The molecule has 0 spiro atoms. The third-order valence-electron chi connectivity index (χ3n) is 10.4. The van der Waals surface area contributed by atoms with Crippen molar-refractivity contribution in [1.29, 1.82) is 0 Å². The molecule has 0 aliphatic carbocycles. The summed E-state index contributed by atoms with van der Waals surface area (Å²) in [7, 11) is 1.55. The van der Waals surface area contributed by atoms with Crippen molar-refractivity contribution in [2.75, 3.05) is 20.2 Å². The number of methoxy groups -OCH3 is 1. The van der Waals surface area contributed by atoms with E-state index in [-0.39, 0.29) is 30.0 Å². The highest BCUT2D eigenvalue weighted by atomic mass is 16.6. The van der Waals surface area contributed by atoms with Gasteiger partial charge in [-0.15, -0.1) is 0 Å². The van der Waals surface area contributed by atoms with Crippen molar-refractivity contribution >= 4 is 22.8 Å². The number of H-pyrrole nitrogens is 2. The Morgan fingerprint density at radius 2 is 1.31 bits per heavy atom. The summed E-state index contributed by atoms with van der Waals surface area (Å²) in [6.07, 6.45) is 6.96. The molecule has 0 unspecified atom stereocenters. The van der Waals surface area contributed by atoms with Crippen molar-refractivity contribution in [2.24, 2.45) is 5.92 Å². The van der Waals surface area contributed by atoms with Crippen molar-refractivity contribution in [3.63, 3.8) is 0 Å². The molecule has 0 saturated carbocycles. The first-order valence-electron chi connectivity index (χ1n) is 18.9. The van der Waals surface area contributed by atoms with Crippen molar-refractivity contribution < 1.29 is 19.1 Å². The first kappa shape index (κ1) is 36.8. The van der Waals surface area contributed by atoms with Crippen LogP contribution in [0.4, 0.5) is 4.79 Å². The van der Waals surface area contributed by atoms with E-state index in [0.29, 0.717) is 19.0 Å². The van der Waals surface area contributed by atoms with Crippen LogP contribution < -0.4 is 5.32 Å². The van der Waals surface area contributed by atoms with Crippen LogP contribution in [0.25, 0.3) is 44.4 Å². The normalized spacial score (nSPS) is 18.0. The maximum Gasteiger partial charge on any atom is 0.410 e. The number of carbonyl (C=O) groups excluding carboxylic acids is 2. The third kappa shape index (κ3) is 7.71. The molecule has 2 aliphatic heterocycles. The Bertz CT molecular complexity index is 2140. The minimum Gasteiger partial charge on any atom is -0.483 e. The van der Waals surface area contributed by atoms with Crippen LogP contribution in [-0.4, -0.2) is 73.6 Å². The second-order valence-corrected chi connectivity index (χ2v) is 15.7. The summed E-state index contributed by atoms with van der Waals surface area (Å²) in [5.74, 6) is 2.06. The molecule has 0 radical (unpaired) electrons. The average Bonchev–Trinajstić information content (AvgIpc) is 3.98. The Balaban J connectivity index is 1.03. The minimum atomic E-state index is -0.542. The highest BCUT2D eigenvalue weighted by Crippen LogP contribution is 2.36. The minimum absolute atomic E-state index is 0.0303. The number of carbonyl (C=O) groups is 2. The molecule has 2 amide bonds. The average molecular weight is 730 g/mol. The van der Waals surface area contributed by atoms with E-state index >= 15 is 0 Å². The summed E-state index contributed by atoms with van der Waals surface area (Å²) in [6.45, 7) is 14.9. The number of nitrogens with one attached hydrogen (secondary N) is 3. The smallest absolute Gasteiger partial charge is 0.410 e. The number of benzene rings is 3. The van der Waals surface area contributed by atoms with Crippen molar-refractivity contribution in [1.82, 2.24) is 35.1 Å². The highest BCUT2D eigenvalue weighted by Gasteiger charge is 2.37. The topological polar surface area (TPSA) is 128 Å². The Morgan fingerprint density at radius 3 is 1.91 bits per heavy atom. The maximum atomic E-state index is 13.7. The van der Waals surface area contributed by atoms with Gasteiger partial charge in [-0.1, -0.05) is 62.4 Å². The van der Waals surface area contributed by atoms with Gasteiger partial charge >= 0.3 is 6.09 Å². The van der Waals surface area contributed by atoms with Gasteiger partial charge < -0.3 is 29.7 Å². The van der Waals surface area contributed by atoms with Gasteiger partial charge in [0.1, 0.15) is 23.3 Å². The summed E-state index contributed by atoms with van der Waals surface area (Å²) >= 11 is 0. The van der Waals surface area contributed by atoms with E-state index in [1.165, 1.54) is 0 Å². The van der Waals surface area contributed by atoms with Crippen LogP contribution in [-0.2, 0) is 14.3 Å². The molecule has 11 heteroatoms. The highest BCUT2D eigenvalue weighted by molar-refractivity contribution is 5.90. The lowest BCUT2D eigenvalue weighted by Gasteiger charge is -2.31. The van der Waals surface area contributed by atoms with Gasteiger partial charge in [0.15, 0.2) is 5.88 Å². The third-order valence-corrected chi connectivity index (χ3v) is 10.4. The van der Waals surface area contributed by atoms with Gasteiger partial charge in [0.05, 0.1) is 43.0 Å². The number of hydrogen-bond donors (Lipinski definition) is 3. The molecule has 2 aliphatic rings. The van der Waals surface area contributed by atoms with Crippen LogP contribution in [0.2, 0.25) is 0 Å². The number of hydrogen-bond acceptors (Lipinski definition) is 7. The molecule has 2 fully saturated rings. The number of aromatic nitrogens is 4. The van der Waals surface area contributed by atoms with Crippen LogP contribution in [0.15, 0.2) is 85.5 Å². The zero-order valence-electron chi connectivity index (χ0n) is 32.1. The second kappa shape index (κ2) is 15.0. The first-order valence-corrected chi connectivity index (χ1v) is 18.9.